The number of hydrogen-bond donors (Lipinski definition) is 1. The van der Waals surface area contributed by atoms with E-state index < -0.39 is 0 Å². The molecular formula is C13H16ClN3O. The van der Waals surface area contributed by atoms with E-state index in [0.717, 1.165) is 17.8 Å². The van der Waals surface area contributed by atoms with Crippen LogP contribution < -0.4 is 0 Å². The second-order valence-electron chi connectivity index (χ2n) is 4.23. The topological polar surface area (TPSA) is 41.3 Å². The smallest absolute Gasteiger partial charge is 0.0646 e. The molecule has 0 saturated heterocycles. The molecule has 96 valence electrons. The van der Waals surface area contributed by atoms with Crippen LogP contribution in [0.5, 0.6) is 0 Å². The SMILES string of the molecule is CN(CCO)Cc1cnn(-c2ccc(Cl)cc2)c1. The van der Waals surface area contributed by atoms with Crippen LogP contribution in [0.3, 0.4) is 0 Å². The quantitative estimate of drug-likeness (QED) is 0.898. The molecule has 0 aliphatic rings. The first-order chi connectivity index (χ1) is 8.69. The minimum Gasteiger partial charge on any atom is -0.395 e. The number of rotatable bonds is 5. The van der Waals surface area contributed by atoms with Crippen molar-refractivity contribution < 1.29 is 5.11 Å². The highest BCUT2D eigenvalue weighted by Gasteiger charge is 2.04. The van der Waals surface area contributed by atoms with Gasteiger partial charge in [-0.05, 0) is 31.3 Å². The lowest BCUT2D eigenvalue weighted by molar-refractivity contribution is 0.217. The van der Waals surface area contributed by atoms with Gasteiger partial charge in [-0.1, -0.05) is 11.6 Å². The van der Waals surface area contributed by atoms with Crippen molar-refractivity contribution in [2.24, 2.45) is 0 Å². The van der Waals surface area contributed by atoms with E-state index in [1.807, 2.05) is 53.3 Å². The van der Waals surface area contributed by atoms with Crippen LogP contribution in [0.15, 0.2) is 36.7 Å². The van der Waals surface area contributed by atoms with Crippen molar-refractivity contribution in [1.82, 2.24) is 14.7 Å². The Morgan fingerprint density at radius 2 is 2.06 bits per heavy atom. The maximum Gasteiger partial charge on any atom is 0.0646 e. The van der Waals surface area contributed by atoms with Crippen molar-refractivity contribution in [3.8, 4) is 5.69 Å². The van der Waals surface area contributed by atoms with Crippen molar-refractivity contribution >= 4 is 11.6 Å². The molecule has 0 aliphatic heterocycles. The Morgan fingerprint density at radius 3 is 2.72 bits per heavy atom. The average Bonchev–Trinajstić information content (AvgIpc) is 2.78. The number of aliphatic hydroxyl groups is 1. The van der Waals surface area contributed by atoms with Gasteiger partial charge in [-0.25, -0.2) is 4.68 Å². The Labute approximate surface area is 111 Å². The van der Waals surface area contributed by atoms with E-state index in [4.69, 9.17) is 16.7 Å². The zero-order valence-corrected chi connectivity index (χ0v) is 11.0. The Kier molecular flexibility index (Phi) is 4.36. The molecule has 1 aromatic carbocycles. The second kappa shape index (κ2) is 6.00. The van der Waals surface area contributed by atoms with Crippen molar-refractivity contribution in [1.29, 1.82) is 0 Å². The Balaban J connectivity index is 2.08. The van der Waals surface area contributed by atoms with Gasteiger partial charge < -0.3 is 5.11 Å². The molecule has 1 heterocycles. The van der Waals surface area contributed by atoms with Crippen molar-refractivity contribution in [3.63, 3.8) is 0 Å². The van der Waals surface area contributed by atoms with Crippen LogP contribution in [0.4, 0.5) is 0 Å². The maximum atomic E-state index is 8.85. The van der Waals surface area contributed by atoms with Crippen LogP contribution in [-0.2, 0) is 6.54 Å². The van der Waals surface area contributed by atoms with Gasteiger partial charge in [0.2, 0.25) is 0 Å². The molecule has 0 aliphatic carbocycles. The Hall–Kier alpha value is -1.36. The molecule has 0 saturated carbocycles. The molecule has 0 spiro atoms. The zero-order valence-electron chi connectivity index (χ0n) is 10.3. The largest absolute Gasteiger partial charge is 0.395 e. The minimum atomic E-state index is 0.168. The van der Waals surface area contributed by atoms with E-state index in [-0.39, 0.29) is 6.61 Å². The van der Waals surface area contributed by atoms with Gasteiger partial charge in [0.15, 0.2) is 0 Å². The van der Waals surface area contributed by atoms with Crippen LogP contribution in [0.25, 0.3) is 5.69 Å². The average molecular weight is 266 g/mol. The van der Waals surface area contributed by atoms with Crippen LogP contribution in [0.2, 0.25) is 5.02 Å². The highest BCUT2D eigenvalue weighted by atomic mass is 35.5. The first-order valence-corrected chi connectivity index (χ1v) is 6.16. The number of aliphatic hydroxyl groups excluding tert-OH is 1. The normalized spacial score (nSPS) is 11.1. The highest BCUT2D eigenvalue weighted by molar-refractivity contribution is 6.30. The molecule has 18 heavy (non-hydrogen) atoms. The third-order valence-electron chi connectivity index (χ3n) is 2.66. The van der Waals surface area contributed by atoms with Gasteiger partial charge in [0.25, 0.3) is 0 Å². The zero-order chi connectivity index (χ0) is 13.0. The molecule has 2 aromatic rings. The first kappa shape index (κ1) is 13.1. The van der Waals surface area contributed by atoms with Crippen molar-refractivity contribution in [2.75, 3.05) is 20.2 Å². The predicted octanol–water partition coefficient (Wildman–Crippen LogP) is 1.95. The molecule has 2 rings (SSSR count). The summed E-state index contributed by atoms with van der Waals surface area (Å²) in [6.45, 7) is 1.60. The van der Waals surface area contributed by atoms with Crippen molar-refractivity contribution in [2.45, 2.75) is 6.54 Å². The molecule has 1 aromatic heterocycles. The summed E-state index contributed by atoms with van der Waals surface area (Å²) in [7, 11) is 1.97. The monoisotopic (exact) mass is 265 g/mol. The first-order valence-electron chi connectivity index (χ1n) is 5.78. The van der Waals surface area contributed by atoms with Crippen LogP contribution in [0, 0.1) is 0 Å². The van der Waals surface area contributed by atoms with Crippen LogP contribution >= 0.6 is 11.6 Å². The van der Waals surface area contributed by atoms with Gasteiger partial charge in [0, 0.05) is 29.9 Å². The van der Waals surface area contributed by atoms with E-state index in [1.165, 1.54) is 0 Å². The lowest BCUT2D eigenvalue weighted by Crippen LogP contribution is -2.21. The van der Waals surface area contributed by atoms with Gasteiger partial charge >= 0.3 is 0 Å². The van der Waals surface area contributed by atoms with Gasteiger partial charge in [-0.2, -0.15) is 5.10 Å². The Bertz CT molecular complexity index is 495. The molecule has 0 amide bonds. The van der Waals surface area contributed by atoms with Gasteiger partial charge in [0.05, 0.1) is 18.5 Å². The lowest BCUT2D eigenvalue weighted by atomic mass is 10.3. The summed E-state index contributed by atoms with van der Waals surface area (Å²) in [5, 5.41) is 13.9. The standard InChI is InChI=1S/C13H16ClN3O/c1-16(6-7-18)9-11-8-15-17(10-11)13-4-2-12(14)3-5-13/h2-5,8,10,18H,6-7,9H2,1H3. The van der Waals surface area contributed by atoms with Crippen LogP contribution in [0.1, 0.15) is 5.56 Å². The molecule has 1 N–H and O–H groups in total. The molecule has 0 radical (unpaired) electrons. The summed E-state index contributed by atoms with van der Waals surface area (Å²) in [6, 6.07) is 7.54. The Morgan fingerprint density at radius 1 is 1.33 bits per heavy atom. The predicted molar refractivity (Wildman–Crippen MR) is 72.0 cm³/mol. The molecule has 0 fully saturated rings. The number of halogens is 1. The maximum absolute atomic E-state index is 8.85. The third kappa shape index (κ3) is 3.32. The third-order valence-corrected chi connectivity index (χ3v) is 2.91. The fraction of sp³-hybridized carbons (Fsp3) is 0.308. The fourth-order valence-electron chi connectivity index (χ4n) is 1.74. The van der Waals surface area contributed by atoms with E-state index in [2.05, 4.69) is 5.10 Å². The summed E-state index contributed by atoms with van der Waals surface area (Å²) in [5.41, 5.74) is 2.09. The van der Waals surface area contributed by atoms with Crippen LogP contribution in [-0.4, -0.2) is 40.0 Å². The van der Waals surface area contributed by atoms with E-state index in [0.29, 0.717) is 11.6 Å². The number of likely N-dealkylation sites (N-methyl/N-ethyl adjacent to an activating group) is 1. The molecule has 5 heteroatoms. The number of benzene rings is 1. The van der Waals surface area contributed by atoms with Gasteiger partial charge in [-0.3, -0.25) is 4.90 Å². The summed E-state index contributed by atoms with van der Waals surface area (Å²) >= 11 is 5.85. The number of nitrogens with zero attached hydrogens (tertiary/aromatic N) is 3. The van der Waals surface area contributed by atoms with Crippen molar-refractivity contribution in [3.05, 3.63) is 47.2 Å². The molecule has 0 bridgehead atoms. The fourth-order valence-corrected chi connectivity index (χ4v) is 1.86. The lowest BCUT2D eigenvalue weighted by Gasteiger charge is -2.12. The molecular weight excluding hydrogens is 250 g/mol. The summed E-state index contributed by atoms with van der Waals surface area (Å²) in [6.07, 6.45) is 3.82. The minimum absolute atomic E-state index is 0.168. The molecule has 0 atom stereocenters. The van der Waals surface area contributed by atoms with E-state index >= 15 is 0 Å². The molecule has 4 nitrogen and oxygen atoms in total. The number of hydrogen-bond acceptors (Lipinski definition) is 3. The molecule has 0 unspecified atom stereocenters. The number of aromatic nitrogens is 2. The van der Waals surface area contributed by atoms with E-state index in [9.17, 15) is 0 Å². The van der Waals surface area contributed by atoms with E-state index in [1.54, 1.807) is 0 Å². The highest BCUT2D eigenvalue weighted by Crippen LogP contribution is 2.13. The summed E-state index contributed by atoms with van der Waals surface area (Å²) < 4.78 is 1.82. The van der Waals surface area contributed by atoms with Gasteiger partial charge in [0.1, 0.15) is 0 Å². The summed E-state index contributed by atoms with van der Waals surface area (Å²) in [5.74, 6) is 0. The second-order valence-corrected chi connectivity index (χ2v) is 4.67. The van der Waals surface area contributed by atoms with Gasteiger partial charge in [-0.15, -0.1) is 0 Å². The summed E-state index contributed by atoms with van der Waals surface area (Å²) in [4.78, 5) is 2.04.